The normalized spacial score (nSPS) is 12.6. The minimum atomic E-state index is -0.465. The van der Waals surface area contributed by atoms with Gasteiger partial charge in [0.15, 0.2) is 0 Å². The summed E-state index contributed by atoms with van der Waals surface area (Å²) in [5, 5.41) is 12.7. The van der Waals surface area contributed by atoms with E-state index in [4.69, 9.17) is 23.2 Å². The third-order valence-electron chi connectivity index (χ3n) is 2.19. The predicted octanol–water partition coefficient (Wildman–Crippen LogP) is 2.24. The third-order valence-corrected chi connectivity index (χ3v) is 2.93. The maximum Gasteiger partial charge on any atom is 0.238 e. The van der Waals surface area contributed by atoms with Crippen molar-refractivity contribution in [3.8, 4) is 0 Å². The van der Waals surface area contributed by atoms with Gasteiger partial charge in [0.05, 0.1) is 22.7 Å². The van der Waals surface area contributed by atoms with E-state index in [0.29, 0.717) is 22.3 Å². The van der Waals surface area contributed by atoms with Crippen LogP contribution in [-0.2, 0) is 4.79 Å². The lowest BCUT2D eigenvalue weighted by Crippen LogP contribution is -2.34. The molecule has 1 aromatic carbocycles. The van der Waals surface area contributed by atoms with Crippen molar-refractivity contribution in [2.45, 2.75) is 13.0 Å². The third kappa shape index (κ3) is 5.23. The van der Waals surface area contributed by atoms with Crippen LogP contribution in [0.4, 0.5) is 5.69 Å². The zero-order valence-electron chi connectivity index (χ0n) is 10.3. The molecule has 0 aliphatic carbocycles. The molecule has 18 heavy (non-hydrogen) atoms. The Morgan fingerprint density at radius 3 is 2.67 bits per heavy atom. The van der Waals surface area contributed by atoms with E-state index in [-0.39, 0.29) is 12.5 Å². The van der Waals surface area contributed by atoms with Crippen molar-refractivity contribution in [3.05, 3.63) is 28.2 Å². The maximum absolute atomic E-state index is 11.7. The van der Waals surface area contributed by atoms with Gasteiger partial charge in [0.25, 0.3) is 0 Å². The van der Waals surface area contributed by atoms with Crippen LogP contribution in [-0.4, -0.2) is 42.2 Å². The van der Waals surface area contributed by atoms with Gasteiger partial charge in [-0.05, 0) is 32.2 Å². The molecule has 0 radical (unpaired) electrons. The quantitative estimate of drug-likeness (QED) is 0.875. The molecule has 0 fully saturated rings. The topological polar surface area (TPSA) is 52.6 Å². The Morgan fingerprint density at radius 2 is 2.11 bits per heavy atom. The van der Waals surface area contributed by atoms with Crippen molar-refractivity contribution < 1.29 is 9.90 Å². The Balaban J connectivity index is 2.51. The lowest BCUT2D eigenvalue weighted by Gasteiger charge is -2.17. The summed E-state index contributed by atoms with van der Waals surface area (Å²) < 4.78 is 0. The molecule has 0 aliphatic heterocycles. The second kappa shape index (κ2) is 6.95. The number of rotatable bonds is 5. The summed E-state index contributed by atoms with van der Waals surface area (Å²) in [6, 6.07) is 4.90. The van der Waals surface area contributed by atoms with E-state index in [0.717, 1.165) is 0 Å². The largest absolute Gasteiger partial charge is 0.392 e. The summed E-state index contributed by atoms with van der Waals surface area (Å²) >= 11 is 11.6. The van der Waals surface area contributed by atoms with Crippen LogP contribution in [0.2, 0.25) is 10.0 Å². The van der Waals surface area contributed by atoms with Crippen molar-refractivity contribution in [2.75, 3.05) is 25.5 Å². The van der Waals surface area contributed by atoms with Crippen LogP contribution in [0.1, 0.15) is 6.92 Å². The van der Waals surface area contributed by atoms with Gasteiger partial charge in [0, 0.05) is 12.2 Å². The maximum atomic E-state index is 11.7. The van der Waals surface area contributed by atoms with Gasteiger partial charge < -0.3 is 10.4 Å². The molecule has 2 N–H and O–H groups in total. The number of benzene rings is 1. The molecule has 1 aromatic rings. The Labute approximate surface area is 116 Å². The predicted molar refractivity (Wildman–Crippen MR) is 74.3 cm³/mol. The van der Waals surface area contributed by atoms with Gasteiger partial charge in [-0.15, -0.1) is 0 Å². The van der Waals surface area contributed by atoms with Crippen LogP contribution < -0.4 is 5.32 Å². The van der Waals surface area contributed by atoms with Crippen LogP contribution in [0.25, 0.3) is 0 Å². The van der Waals surface area contributed by atoms with Crippen molar-refractivity contribution in [3.63, 3.8) is 0 Å². The highest BCUT2D eigenvalue weighted by Crippen LogP contribution is 2.24. The minimum Gasteiger partial charge on any atom is -0.392 e. The number of likely N-dealkylation sites (N-methyl/N-ethyl adjacent to an activating group) is 1. The fourth-order valence-electron chi connectivity index (χ4n) is 1.54. The fourth-order valence-corrected chi connectivity index (χ4v) is 1.83. The van der Waals surface area contributed by atoms with E-state index < -0.39 is 6.10 Å². The Hall–Kier alpha value is -0.810. The number of carbonyl (C=O) groups excluding carboxylic acids is 1. The summed E-state index contributed by atoms with van der Waals surface area (Å²) in [7, 11) is 1.77. The van der Waals surface area contributed by atoms with E-state index >= 15 is 0 Å². The molecule has 0 saturated heterocycles. The van der Waals surface area contributed by atoms with E-state index in [2.05, 4.69) is 5.32 Å². The number of aliphatic hydroxyl groups is 1. The van der Waals surface area contributed by atoms with Crippen molar-refractivity contribution >= 4 is 34.8 Å². The van der Waals surface area contributed by atoms with Gasteiger partial charge in [0.1, 0.15) is 0 Å². The standard InChI is InChI=1S/C12H16Cl2N2O2/c1-8(17)6-16(2)7-12(18)15-9-3-4-10(13)11(14)5-9/h3-5,8,17H,6-7H2,1-2H3,(H,15,18). The zero-order chi connectivity index (χ0) is 13.7. The number of nitrogens with one attached hydrogen (secondary N) is 1. The monoisotopic (exact) mass is 290 g/mol. The van der Waals surface area contributed by atoms with Crippen LogP contribution >= 0.6 is 23.2 Å². The highest BCUT2D eigenvalue weighted by atomic mass is 35.5. The van der Waals surface area contributed by atoms with E-state index in [1.54, 1.807) is 37.1 Å². The van der Waals surface area contributed by atoms with Crippen molar-refractivity contribution in [1.82, 2.24) is 4.90 Å². The first-order valence-corrected chi connectivity index (χ1v) is 6.25. The average molecular weight is 291 g/mol. The minimum absolute atomic E-state index is 0.170. The molecular formula is C12H16Cl2N2O2. The summed E-state index contributed by atoms with van der Waals surface area (Å²) in [5.41, 5.74) is 0.597. The molecule has 0 aliphatic rings. The summed E-state index contributed by atoms with van der Waals surface area (Å²) in [4.78, 5) is 13.4. The second-order valence-electron chi connectivity index (χ2n) is 4.22. The summed E-state index contributed by atoms with van der Waals surface area (Å²) in [6.45, 7) is 2.31. The first-order valence-electron chi connectivity index (χ1n) is 5.50. The van der Waals surface area contributed by atoms with Gasteiger partial charge in [-0.1, -0.05) is 23.2 Å². The van der Waals surface area contributed by atoms with Crippen LogP contribution in [0.3, 0.4) is 0 Å². The lowest BCUT2D eigenvalue weighted by molar-refractivity contribution is -0.117. The number of nitrogens with zero attached hydrogens (tertiary/aromatic N) is 1. The molecule has 0 aromatic heterocycles. The molecule has 1 atom stereocenters. The summed E-state index contributed by atoms with van der Waals surface area (Å²) in [6.07, 6.45) is -0.465. The molecule has 0 heterocycles. The highest BCUT2D eigenvalue weighted by molar-refractivity contribution is 6.42. The molecule has 1 unspecified atom stereocenters. The van der Waals surface area contributed by atoms with E-state index in [1.165, 1.54) is 0 Å². The Kier molecular flexibility index (Phi) is 5.88. The summed E-state index contributed by atoms with van der Waals surface area (Å²) in [5.74, 6) is -0.170. The molecule has 100 valence electrons. The number of amides is 1. The van der Waals surface area contributed by atoms with Crippen molar-refractivity contribution in [1.29, 1.82) is 0 Å². The number of anilines is 1. The molecule has 4 nitrogen and oxygen atoms in total. The van der Waals surface area contributed by atoms with Gasteiger partial charge in [-0.2, -0.15) is 0 Å². The number of carbonyl (C=O) groups is 1. The van der Waals surface area contributed by atoms with E-state index in [1.807, 2.05) is 0 Å². The molecule has 1 amide bonds. The smallest absolute Gasteiger partial charge is 0.238 e. The molecule has 0 saturated carbocycles. The van der Waals surface area contributed by atoms with Crippen molar-refractivity contribution in [2.24, 2.45) is 0 Å². The first kappa shape index (κ1) is 15.2. The molecule has 0 spiro atoms. The molecular weight excluding hydrogens is 275 g/mol. The Bertz CT molecular complexity index is 425. The van der Waals surface area contributed by atoms with Gasteiger partial charge in [-0.3, -0.25) is 9.69 Å². The zero-order valence-corrected chi connectivity index (χ0v) is 11.8. The number of aliphatic hydroxyl groups excluding tert-OH is 1. The van der Waals surface area contributed by atoms with Crippen LogP contribution in [0, 0.1) is 0 Å². The van der Waals surface area contributed by atoms with Gasteiger partial charge in [0.2, 0.25) is 5.91 Å². The average Bonchev–Trinajstić information content (AvgIpc) is 2.21. The fraction of sp³-hybridized carbons (Fsp3) is 0.417. The lowest BCUT2D eigenvalue weighted by atomic mass is 10.3. The van der Waals surface area contributed by atoms with Gasteiger partial charge in [-0.25, -0.2) is 0 Å². The molecule has 6 heteroatoms. The second-order valence-corrected chi connectivity index (χ2v) is 5.04. The molecule has 0 bridgehead atoms. The van der Waals surface area contributed by atoms with Crippen LogP contribution in [0.5, 0.6) is 0 Å². The number of hydrogen-bond donors (Lipinski definition) is 2. The highest BCUT2D eigenvalue weighted by Gasteiger charge is 2.09. The molecule has 1 rings (SSSR count). The first-order chi connectivity index (χ1) is 8.38. The SMILES string of the molecule is CC(O)CN(C)CC(=O)Nc1ccc(Cl)c(Cl)c1. The number of hydrogen-bond acceptors (Lipinski definition) is 3. The van der Waals surface area contributed by atoms with E-state index in [9.17, 15) is 9.90 Å². The van der Waals surface area contributed by atoms with Crippen LogP contribution in [0.15, 0.2) is 18.2 Å². The Morgan fingerprint density at radius 1 is 1.44 bits per heavy atom. The van der Waals surface area contributed by atoms with Gasteiger partial charge >= 0.3 is 0 Å². The number of halogens is 2.